The number of nitrogens with zero attached hydrogens (tertiary/aromatic N) is 1. The summed E-state index contributed by atoms with van der Waals surface area (Å²) in [7, 11) is 0. The number of nitrogens with one attached hydrogen (secondary N) is 1. The minimum Gasteiger partial charge on any atom is -0.368 e. The number of rotatable bonds is 8. The monoisotopic (exact) mass is 273 g/mol. The molecule has 0 saturated carbocycles. The van der Waals surface area contributed by atoms with Gasteiger partial charge in [-0.3, -0.25) is 4.79 Å². The maximum absolute atomic E-state index is 11.4. The van der Waals surface area contributed by atoms with Gasteiger partial charge in [-0.1, -0.05) is 18.7 Å². The number of thioether (sulfide) groups is 1. The molecule has 0 spiro atoms. The van der Waals surface area contributed by atoms with E-state index in [0.717, 1.165) is 29.5 Å². The van der Waals surface area contributed by atoms with Gasteiger partial charge in [-0.05, 0) is 26.3 Å². The van der Waals surface area contributed by atoms with E-state index in [1.807, 2.05) is 19.2 Å². The van der Waals surface area contributed by atoms with E-state index < -0.39 is 5.54 Å². The maximum atomic E-state index is 11.4. The second-order valence-corrected chi connectivity index (χ2v) is 6.21. The fourth-order valence-electron chi connectivity index (χ4n) is 1.56. The van der Waals surface area contributed by atoms with Crippen molar-refractivity contribution < 1.29 is 4.79 Å². The second-order valence-electron chi connectivity index (χ2n) is 3.98. The number of primary amides is 1. The molecule has 0 fully saturated rings. The number of aromatic nitrogens is 1. The highest BCUT2D eigenvalue weighted by Gasteiger charge is 2.28. The van der Waals surface area contributed by atoms with Crippen LogP contribution in [0.3, 0.4) is 0 Å². The lowest BCUT2D eigenvalue weighted by molar-refractivity contribution is -0.124. The Balaban J connectivity index is 2.30. The molecule has 1 unspecified atom stereocenters. The lowest BCUT2D eigenvalue weighted by atomic mass is 9.95. The van der Waals surface area contributed by atoms with Crippen molar-refractivity contribution >= 4 is 29.0 Å². The van der Waals surface area contributed by atoms with E-state index in [-0.39, 0.29) is 5.91 Å². The van der Waals surface area contributed by atoms with Crippen LogP contribution in [-0.2, 0) is 4.79 Å². The normalized spacial score (nSPS) is 14.5. The van der Waals surface area contributed by atoms with Crippen molar-refractivity contribution in [2.24, 2.45) is 5.73 Å². The third-order valence-electron chi connectivity index (χ3n) is 2.57. The van der Waals surface area contributed by atoms with Crippen molar-refractivity contribution in [3.63, 3.8) is 0 Å². The highest BCUT2D eigenvalue weighted by molar-refractivity contribution is 8.00. The highest BCUT2D eigenvalue weighted by atomic mass is 32.2. The molecule has 0 aliphatic rings. The van der Waals surface area contributed by atoms with Crippen LogP contribution in [0.1, 0.15) is 26.7 Å². The molecule has 1 aromatic heterocycles. The Morgan fingerprint density at radius 1 is 1.71 bits per heavy atom. The van der Waals surface area contributed by atoms with E-state index in [2.05, 4.69) is 10.3 Å². The predicted octanol–water partition coefficient (Wildman–Crippen LogP) is 1.87. The van der Waals surface area contributed by atoms with Gasteiger partial charge in [0.2, 0.25) is 5.91 Å². The van der Waals surface area contributed by atoms with Crippen LogP contribution < -0.4 is 11.1 Å². The van der Waals surface area contributed by atoms with E-state index >= 15 is 0 Å². The summed E-state index contributed by atoms with van der Waals surface area (Å²) in [6, 6.07) is 0. The summed E-state index contributed by atoms with van der Waals surface area (Å²) >= 11 is 3.37. The average molecular weight is 273 g/mol. The topological polar surface area (TPSA) is 68.0 Å². The zero-order chi connectivity index (χ0) is 12.7. The standard InChI is InChI=1S/C11H19N3OS2/c1-3-14-11(2,9(12)15)5-4-7-16-10-13-6-8-17-10/h6,8,14H,3-5,7H2,1-2H3,(H2,12,15). The molecule has 0 aromatic carbocycles. The van der Waals surface area contributed by atoms with E-state index in [9.17, 15) is 4.79 Å². The molecule has 96 valence electrons. The van der Waals surface area contributed by atoms with E-state index in [1.165, 1.54) is 0 Å². The summed E-state index contributed by atoms with van der Waals surface area (Å²) in [6.07, 6.45) is 3.50. The molecule has 1 amide bonds. The molecular weight excluding hydrogens is 254 g/mol. The van der Waals surface area contributed by atoms with E-state index in [0.29, 0.717) is 0 Å². The first-order chi connectivity index (χ1) is 8.08. The molecule has 0 saturated heterocycles. The largest absolute Gasteiger partial charge is 0.368 e. The predicted molar refractivity (Wildman–Crippen MR) is 73.3 cm³/mol. The molecular formula is C11H19N3OS2. The van der Waals surface area contributed by atoms with Gasteiger partial charge in [0.05, 0.1) is 5.54 Å². The third-order valence-corrected chi connectivity index (χ3v) is 4.62. The Morgan fingerprint density at radius 3 is 3.00 bits per heavy atom. The number of nitrogens with two attached hydrogens (primary N) is 1. The minimum atomic E-state index is -0.585. The Kier molecular flexibility index (Phi) is 5.94. The minimum absolute atomic E-state index is 0.279. The Hall–Kier alpha value is -0.590. The van der Waals surface area contributed by atoms with Crippen LogP contribution >= 0.6 is 23.1 Å². The second kappa shape index (κ2) is 6.98. The number of thiazole rings is 1. The number of hydrogen-bond donors (Lipinski definition) is 2. The molecule has 1 aromatic rings. The molecule has 4 nitrogen and oxygen atoms in total. The average Bonchev–Trinajstić information content (AvgIpc) is 2.77. The number of carbonyl (C=O) groups is 1. The summed E-state index contributed by atoms with van der Waals surface area (Å²) in [4.78, 5) is 15.6. The van der Waals surface area contributed by atoms with Gasteiger partial charge >= 0.3 is 0 Å². The van der Waals surface area contributed by atoms with Crippen LogP contribution in [-0.4, -0.2) is 28.7 Å². The third kappa shape index (κ3) is 4.65. The number of hydrogen-bond acceptors (Lipinski definition) is 5. The molecule has 1 heterocycles. The fourth-order valence-corrected chi connectivity index (χ4v) is 3.20. The van der Waals surface area contributed by atoms with Crippen LogP contribution in [0.2, 0.25) is 0 Å². The van der Waals surface area contributed by atoms with Crippen molar-refractivity contribution in [3.8, 4) is 0 Å². The molecule has 0 radical (unpaired) electrons. The maximum Gasteiger partial charge on any atom is 0.237 e. The zero-order valence-electron chi connectivity index (χ0n) is 10.2. The summed E-state index contributed by atoms with van der Waals surface area (Å²) in [5.74, 6) is 0.681. The molecule has 17 heavy (non-hydrogen) atoms. The van der Waals surface area contributed by atoms with E-state index in [1.54, 1.807) is 29.3 Å². The van der Waals surface area contributed by atoms with Crippen molar-refractivity contribution in [2.75, 3.05) is 12.3 Å². The SMILES string of the molecule is CCNC(C)(CCCSc1nccs1)C(N)=O. The number of carbonyl (C=O) groups excluding carboxylic acids is 1. The van der Waals surface area contributed by atoms with Gasteiger partial charge in [0.1, 0.15) is 4.34 Å². The smallest absolute Gasteiger partial charge is 0.237 e. The first-order valence-electron chi connectivity index (χ1n) is 5.65. The Morgan fingerprint density at radius 2 is 2.47 bits per heavy atom. The fraction of sp³-hybridized carbons (Fsp3) is 0.636. The number of likely N-dealkylation sites (N-methyl/N-ethyl adjacent to an activating group) is 1. The van der Waals surface area contributed by atoms with Gasteiger partial charge in [-0.25, -0.2) is 4.98 Å². The first-order valence-corrected chi connectivity index (χ1v) is 7.52. The summed E-state index contributed by atoms with van der Waals surface area (Å²) in [6.45, 7) is 4.59. The first kappa shape index (κ1) is 14.5. The van der Waals surface area contributed by atoms with Crippen LogP contribution in [0.25, 0.3) is 0 Å². The van der Waals surface area contributed by atoms with Crippen molar-refractivity contribution in [3.05, 3.63) is 11.6 Å². The van der Waals surface area contributed by atoms with Gasteiger partial charge in [0.25, 0.3) is 0 Å². The van der Waals surface area contributed by atoms with E-state index in [4.69, 9.17) is 5.73 Å². The molecule has 1 rings (SSSR count). The molecule has 0 aliphatic heterocycles. The van der Waals surface area contributed by atoms with Crippen LogP contribution in [0.4, 0.5) is 0 Å². The molecule has 0 aliphatic carbocycles. The summed E-state index contributed by atoms with van der Waals surface area (Å²) in [5, 5.41) is 5.12. The Labute approximate surface area is 110 Å². The summed E-state index contributed by atoms with van der Waals surface area (Å²) in [5.41, 5.74) is 4.83. The van der Waals surface area contributed by atoms with Crippen LogP contribution in [0.5, 0.6) is 0 Å². The molecule has 6 heteroatoms. The lowest BCUT2D eigenvalue weighted by Gasteiger charge is -2.26. The van der Waals surface area contributed by atoms with Crippen LogP contribution in [0, 0.1) is 0 Å². The molecule has 3 N–H and O–H groups in total. The Bertz CT molecular complexity index is 342. The quantitative estimate of drug-likeness (QED) is 0.560. The van der Waals surface area contributed by atoms with Crippen molar-refractivity contribution in [1.82, 2.24) is 10.3 Å². The van der Waals surface area contributed by atoms with Gasteiger partial charge in [0.15, 0.2) is 0 Å². The van der Waals surface area contributed by atoms with Crippen LogP contribution in [0.15, 0.2) is 15.9 Å². The molecule has 1 atom stereocenters. The molecule has 0 bridgehead atoms. The van der Waals surface area contributed by atoms with Gasteiger partial charge < -0.3 is 11.1 Å². The zero-order valence-corrected chi connectivity index (χ0v) is 11.9. The summed E-state index contributed by atoms with van der Waals surface area (Å²) < 4.78 is 1.08. The highest BCUT2D eigenvalue weighted by Crippen LogP contribution is 2.23. The van der Waals surface area contributed by atoms with Gasteiger partial charge in [0, 0.05) is 17.3 Å². The van der Waals surface area contributed by atoms with Crippen molar-refractivity contribution in [1.29, 1.82) is 0 Å². The lowest BCUT2D eigenvalue weighted by Crippen LogP contribution is -2.53. The van der Waals surface area contributed by atoms with Crippen molar-refractivity contribution in [2.45, 2.75) is 36.6 Å². The van der Waals surface area contributed by atoms with Gasteiger partial charge in [-0.15, -0.1) is 11.3 Å². The van der Waals surface area contributed by atoms with Gasteiger partial charge in [-0.2, -0.15) is 0 Å². The number of amides is 1.